The Balaban J connectivity index is 1.50. The molecule has 7 heteroatoms. The number of fused-ring (bicyclic) bond motifs is 1. The number of rotatable bonds is 5. The summed E-state index contributed by atoms with van der Waals surface area (Å²) in [6.07, 6.45) is 5.35. The van der Waals surface area contributed by atoms with Gasteiger partial charge in [-0.1, -0.05) is 30.3 Å². The van der Waals surface area contributed by atoms with Crippen LogP contribution in [0.15, 0.2) is 72.5 Å². The smallest absolute Gasteiger partial charge is 0.181 e. The van der Waals surface area contributed by atoms with E-state index in [4.69, 9.17) is 4.98 Å². The number of aromatic nitrogens is 5. The lowest BCUT2D eigenvalue weighted by Crippen LogP contribution is -2.05. The molecule has 0 aliphatic heterocycles. The Hall–Kier alpha value is -3.58. The van der Waals surface area contributed by atoms with E-state index in [1.165, 1.54) is 0 Å². The van der Waals surface area contributed by atoms with Crippen molar-refractivity contribution in [2.75, 3.05) is 5.32 Å². The summed E-state index contributed by atoms with van der Waals surface area (Å²) in [4.78, 5) is 22.3. The van der Waals surface area contributed by atoms with Crippen LogP contribution in [0, 0.1) is 0 Å². The molecule has 1 aromatic carbocycles. The molecule has 5 rings (SSSR count). The molecule has 4 heterocycles. The molecule has 0 aliphatic rings. The minimum atomic E-state index is 0.623. The number of nitrogens with zero attached hydrogens (tertiary/aromatic N) is 4. The van der Waals surface area contributed by atoms with Gasteiger partial charge in [0.2, 0.25) is 0 Å². The molecular formula is C21H16N6S. The average molecular weight is 384 g/mol. The van der Waals surface area contributed by atoms with Gasteiger partial charge in [-0.25, -0.2) is 15.0 Å². The summed E-state index contributed by atoms with van der Waals surface area (Å²) in [7, 11) is 0. The molecule has 0 atom stereocenters. The summed E-state index contributed by atoms with van der Waals surface area (Å²) in [5.74, 6) is 2.29. The maximum atomic E-state index is 4.75. The quantitative estimate of drug-likeness (QED) is 0.457. The van der Waals surface area contributed by atoms with Crippen LogP contribution < -0.4 is 5.32 Å². The Morgan fingerprint density at radius 1 is 0.929 bits per heavy atom. The first kappa shape index (κ1) is 16.6. The largest absolute Gasteiger partial charge is 0.365 e. The average Bonchev–Trinajstić information content (AvgIpc) is 3.45. The summed E-state index contributed by atoms with van der Waals surface area (Å²) in [5, 5.41) is 6.53. The lowest BCUT2D eigenvalue weighted by molar-refractivity contribution is 1.10. The van der Waals surface area contributed by atoms with Gasteiger partial charge in [0.25, 0.3) is 0 Å². The van der Waals surface area contributed by atoms with E-state index in [-0.39, 0.29) is 0 Å². The third-order valence-electron chi connectivity index (χ3n) is 4.44. The zero-order chi connectivity index (χ0) is 18.8. The molecule has 136 valence electrons. The summed E-state index contributed by atoms with van der Waals surface area (Å²) < 4.78 is 0. The summed E-state index contributed by atoms with van der Waals surface area (Å²) in [5.41, 5.74) is 2.97. The van der Waals surface area contributed by atoms with Gasteiger partial charge < -0.3 is 10.3 Å². The molecule has 0 unspecified atom stereocenters. The van der Waals surface area contributed by atoms with E-state index < -0.39 is 0 Å². The van der Waals surface area contributed by atoms with Crippen LogP contribution in [0.5, 0.6) is 0 Å². The number of nitrogens with one attached hydrogen (secondary N) is 2. The zero-order valence-electron chi connectivity index (χ0n) is 14.8. The predicted octanol–water partition coefficient (Wildman–Crippen LogP) is 4.76. The maximum absolute atomic E-state index is 4.75. The highest BCUT2D eigenvalue weighted by Crippen LogP contribution is 2.29. The Morgan fingerprint density at radius 3 is 2.71 bits per heavy atom. The van der Waals surface area contributed by atoms with Crippen molar-refractivity contribution in [2.45, 2.75) is 6.54 Å². The molecular weight excluding hydrogens is 368 g/mol. The standard InChI is InChI=1S/C21H16N6S/c1-2-6-15(18-23-10-11-24-18)14(5-1)13-25-19-16-8-12-28-21(16)27-20(26-19)17-7-3-4-9-22-17/h1-12H,13H2,(H,23,24)(H,25,26,27). The van der Waals surface area contributed by atoms with Crippen LogP contribution in [0.2, 0.25) is 0 Å². The minimum absolute atomic E-state index is 0.623. The van der Waals surface area contributed by atoms with Gasteiger partial charge in [-0.2, -0.15) is 0 Å². The molecule has 0 saturated carbocycles. The number of H-pyrrole nitrogens is 1. The molecule has 28 heavy (non-hydrogen) atoms. The van der Waals surface area contributed by atoms with Crippen LogP contribution in [-0.4, -0.2) is 24.9 Å². The molecule has 0 fully saturated rings. The number of pyridine rings is 1. The van der Waals surface area contributed by atoms with Crippen molar-refractivity contribution < 1.29 is 0 Å². The molecule has 0 saturated heterocycles. The third kappa shape index (κ3) is 3.12. The van der Waals surface area contributed by atoms with Gasteiger partial charge in [0.1, 0.15) is 22.2 Å². The van der Waals surface area contributed by atoms with Crippen LogP contribution in [0.25, 0.3) is 33.1 Å². The first-order valence-corrected chi connectivity index (χ1v) is 9.74. The van der Waals surface area contributed by atoms with Crippen molar-refractivity contribution in [1.82, 2.24) is 24.9 Å². The highest BCUT2D eigenvalue weighted by Gasteiger charge is 2.12. The topological polar surface area (TPSA) is 79.4 Å². The fourth-order valence-electron chi connectivity index (χ4n) is 3.10. The number of hydrogen-bond acceptors (Lipinski definition) is 6. The van der Waals surface area contributed by atoms with Crippen LogP contribution in [-0.2, 0) is 6.54 Å². The van der Waals surface area contributed by atoms with Crippen LogP contribution >= 0.6 is 11.3 Å². The van der Waals surface area contributed by atoms with Crippen molar-refractivity contribution in [1.29, 1.82) is 0 Å². The number of anilines is 1. The molecule has 2 N–H and O–H groups in total. The van der Waals surface area contributed by atoms with E-state index in [1.807, 2.05) is 48.0 Å². The monoisotopic (exact) mass is 384 g/mol. The van der Waals surface area contributed by atoms with Gasteiger partial charge in [0.05, 0.1) is 5.39 Å². The lowest BCUT2D eigenvalue weighted by atomic mass is 10.1. The Morgan fingerprint density at radius 2 is 1.86 bits per heavy atom. The SMILES string of the molecule is c1ccc(-c2nc(NCc3ccccc3-c3ncc[nH]3)c3ccsc3n2)nc1. The fraction of sp³-hybridized carbons (Fsp3) is 0.0476. The van der Waals surface area contributed by atoms with E-state index in [9.17, 15) is 0 Å². The second-order valence-electron chi connectivity index (χ2n) is 6.20. The second-order valence-corrected chi connectivity index (χ2v) is 7.09. The van der Waals surface area contributed by atoms with Gasteiger partial charge in [0.15, 0.2) is 5.82 Å². The van der Waals surface area contributed by atoms with Gasteiger partial charge in [-0.05, 0) is 29.1 Å². The highest BCUT2D eigenvalue weighted by molar-refractivity contribution is 7.16. The van der Waals surface area contributed by atoms with Crippen LogP contribution in [0.1, 0.15) is 5.56 Å². The minimum Gasteiger partial charge on any atom is -0.365 e. The number of aromatic amines is 1. The summed E-state index contributed by atoms with van der Waals surface area (Å²) in [6.45, 7) is 0.625. The van der Waals surface area contributed by atoms with Crippen LogP contribution in [0.4, 0.5) is 5.82 Å². The van der Waals surface area contributed by atoms with Crippen LogP contribution in [0.3, 0.4) is 0 Å². The van der Waals surface area contributed by atoms with Gasteiger partial charge in [-0.15, -0.1) is 11.3 Å². The molecule has 0 amide bonds. The second kappa shape index (κ2) is 7.21. The lowest BCUT2D eigenvalue weighted by Gasteiger charge is -2.11. The van der Waals surface area contributed by atoms with E-state index >= 15 is 0 Å². The molecule has 0 bridgehead atoms. The number of imidazole rings is 1. The Labute approximate surface area is 165 Å². The van der Waals surface area contributed by atoms with E-state index in [1.54, 1.807) is 23.7 Å². The fourth-order valence-corrected chi connectivity index (χ4v) is 3.86. The molecule has 4 aromatic heterocycles. The van der Waals surface area contributed by atoms with Crippen molar-refractivity contribution in [3.05, 3.63) is 78.1 Å². The van der Waals surface area contributed by atoms with E-state index in [2.05, 4.69) is 37.4 Å². The first-order valence-electron chi connectivity index (χ1n) is 8.87. The molecule has 0 aliphatic carbocycles. The first-order chi connectivity index (χ1) is 13.9. The number of benzene rings is 1. The third-order valence-corrected chi connectivity index (χ3v) is 5.24. The van der Waals surface area contributed by atoms with Crippen molar-refractivity contribution in [3.8, 4) is 22.9 Å². The number of hydrogen-bond donors (Lipinski definition) is 2. The Kier molecular flexibility index (Phi) is 4.27. The van der Waals surface area contributed by atoms with Gasteiger partial charge >= 0.3 is 0 Å². The van der Waals surface area contributed by atoms with Crippen molar-refractivity contribution in [2.24, 2.45) is 0 Å². The maximum Gasteiger partial charge on any atom is 0.181 e. The summed E-state index contributed by atoms with van der Waals surface area (Å²) >= 11 is 1.60. The van der Waals surface area contributed by atoms with E-state index in [0.717, 1.165) is 38.7 Å². The molecule has 0 radical (unpaired) electrons. The van der Waals surface area contributed by atoms with Crippen molar-refractivity contribution >= 4 is 27.4 Å². The molecule has 5 aromatic rings. The highest BCUT2D eigenvalue weighted by atomic mass is 32.1. The zero-order valence-corrected chi connectivity index (χ0v) is 15.6. The number of thiophene rings is 1. The molecule has 6 nitrogen and oxygen atoms in total. The predicted molar refractivity (Wildman–Crippen MR) is 112 cm³/mol. The van der Waals surface area contributed by atoms with Gasteiger partial charge in [-0.3, -0.25) is 4.98 Å². The van der Waals surface area contributed by atoms with E-state index in [0.29, 0.717) is 12.4 Å². The Bertz CT molecular complexity index is 1210. The molecule has 0 spiro atoms. The van der Waals surface area contributed by atoms with Gasteiger partial charge in [0, 0.05) is 30.7 Å². The summed E-state index contributed by atoms with van der Waals surface area (Å²) in [6, 6.07) is 16.0. The van der Waals surface area contributed by atoms with Crippen molar-refractivity contribution in [3.63, 3.8) is 0 Å². The normalized spacial score (nSPS) is 11.0.